The summed E-state index contributed by atoms with van der Waals surface area (Å²) in [4.78, 5) is 12.7. The molecule has 116 valence electrons. The van der Waals surface area contributed by atoms with Gasteiger partial charge in [0.25, 0.3) is 5.91 Å². The number of carbonyl (C=O) groups is 1. The van der Waals surface area contributed by atoms with Crippen LogP contribution in [0.1, 0.15) is 46.1 Å². The maximum Gasteiger partial charge on any atom is 0.287 e. The molecule has 0 spiro atoms. The average Bonchev–Trinajstić information content (AvgIpc) is 2.93. The van der Waals surface area contributed by atoms with E-state index < -0.39 is 0 Å². The third-order valence-corrected chi connectivity index (χ3v) is 4.72. The molecule has 0 radical (unpaired) electrons. The normalized spacial score (nSPS) is 17.0. The van der Waals surface area contributed by atoms with E-state index >= 15 is 0 Å². The Balaban J connectivity index is 1.64. The summed E-state index contributed by atoms with van der Waals surface area (Å²) in [6, 6.07) is 16.2. The first-order chi connectivity index (χ1) is 11.2. The Kier molecular flexibility index (Phi) is 3.41. The van der Waals surface area contributed by atoms with Gasteiger partial charge in [0.2, 0.25) is 0 Å². The zero-order chi connectivity index (χ0) is 15.8. The van der Waals surface area contributed by atoms with Crippen molar-refractivity contribution >= 4 is 16.9 Å². The molecule has 1 aliphatic carbocycles. The lowest BCUT2D eigenvalue weighted by Gasteiger charge is -2.26. The van der Waals surface area contributed by atoms with E-state index in [1.165, 1.54) is 11.1 Å². The lowest BCUT2D eigenvalue weighted by atomic mass is 9.87. The highest BCUT2D eigenvalue weighted by Crippen LogP contribution is 2.31. The van der Waals surface area contributed by atoms with E-state index in [2.05, 4.69) is 23.5 Å². The number of amides is 1. The molecule has 0 saturated heterocycles. The summed E-state index contributed by atoms with van der Waals surface area (Å²) < 4.78 is 5.78. The Morgan fingerprint density at radius 3 is 2.78 bits per heavy atom. The summed E-state index contributed by atoms with van der Waals surface area (Å²) in [6.45, 7) is 1.94. The topological polar surface area (TPSA) is 42.2 Å². The standard InChI is InChI=1S/C20H19NO2/c1-13-15-9-4-5-12-18(15)23-19(13)20(22)21-17-11-6-8-14-7-2-3-10-16(14)17/h2-5,7,9-10,12,17H,6,8,11H2,1H3,(H,21,22)/t17-/m0/s1. The van der Waals surface area contributed by atoms with Crippen LogP contribution in [0.3, 0.4) is 0 Å². The lowest BCUT2D eigenvalue weighted by molar-refractivity contribution is 0.0906. The van der Waals surface area contributed by atoms with Crippen molar-refractivity contribution in [2.45, 2.75) is 32.2 Å². The summed E-state index contributed by atoms with van der Waals surface area (Å²) in [5.41, 5.74) is 4.24. The second-order valence-electron chi connectivity index (χ2n) is 6.17. The van der Waals surface area contributed by atoms with E-state index in [0.717, 1.165) is 35.8 Å². The third-order valence-electron chi connectivity index (χ3n) is 4.72. The molecule has 0 aliphatic heterocycles. The van der Waals surface area contributed by atoms with E-state index in [1.807, 2.05) is 37.3 Å². The maximum absolute atomic E-state index is 12.7. The van der Waals surface area contributed by atoms with Crippen molar-refractivity contribution < 1.29 is 9.21 Å². The second-order valence-corrected chi connectivity index (χ2v) is 6.17. The van der Waals surface area contributed by atoms with Gasteiger partial charge >= 0.3 is 0 Å². The Hall–Kier alpha value is -2.55. The first-order valence-corrected chi connectivity index (χ1v) is 8.11. The van der Waals surface area contributed by atoms with Gasteiger partial charge in [0.15, 0.2) is 5.76 Å². The van der Waals surface area contributed by atoms with Crippen molar-refractivity contribution in [3.63, 3.8) is 0 Å². The predicted molar refractivity (Wildman–Crippen MR) is 90.5 cm³/mol. The molecule has 4 rings (SSSR count). The van der Waals surface area contributed by atoms with Crippen LogP contribution in [0.2, 0.25) is 0 Å². The number of nitrogens with one attached hydrogen (secondary N) is 1. The molecule has 3 nitrogen and oxygen atoms in total. The van der Waals surface area contributed by atoms with Gasteiger partial charge in [0.05, 0.1) is 6.04 Å². The van der Waals surface area contributed by atoms with Crippen LogP contribution in [0.4, 0.5) is 0 Å². The number of hydrogen-bond acceptors (Lipinski definition) is 2. The van der Waals surface area contributed by atoms with E-state index in [0.29, 0.717) is 5.76 Å². The molecule has 1 atom stereocenters. The van der Waals surface area contributed by atoms with Gasteiger partial charge in [-0.15, -0.1) is 0 Å². The highest BCUT2D eigenvalue weighted by molar-refractivity contribution is 5.99. The SMILES string of the molecule is Cc1c(C(=O)N[C@H]2CCCc3ccccc32)oc2ccccc12. The molecular weight excluding hydrogens is 286 g/mol. The number of benzene rings is 2. The molecule has 1 heterocycles. The minimum absolute atomic E-state index is 0.0695. The number of para-hydroxylation sites is 1. The monoisotopic (exact) mass is 305 g/mol. The van der Waals surface area contributed by atoms with Crippen molar-refractivity contribution in [1.29, 1.82) is 0 Å². The van der Waals surface area contributed by atoms with Crippen molar-refractivity contribution in [2.24, 2.45) is 0 Å². The zero-order valence-corrected chi connectivity index (χ0v) is 13.1. The fraction of sp³-hybridized carbons (Fsp3) is 0.250. The smallest absolute Gasteiger partial charge is 0.287 e. The molecule has 0 fully saturated rings. The van der Waals surface area contributed by atoms with Crippen molar-refractivity contribution in [3.8, 4) is 0 Å². The second kappa shape index (κ2) is 5.58. The number of rotatable bonds is 2. The van der Waals surface area contributed by atoms with Gasteiger partial charge in [-0.25, -0.2) is 0 Å². The molecule has 1 aliphatic rings. The van der Waals surface area contributed by atoms with E-state index in [-0.39, 0.29) is 11.9 Å². The molecule has 0 bridgehead atoms. The molecule has 1 aromatic heterocycles. The summed E-state index contributed by atoms with van der Waals surface area (Å²) in [5.74, 6) is 0.301. The summed E-state index contributed by atoms with van der Waals surface area (Å²) in [5, 5.41) is 4.16. The molecule has 3 aromatic rings. The minimum atomic E-state index is -0.125. The van der Waals surface area contributed by atoms with Gasteiger partial charge in [-0.05, 0) is 43.4 Å². The van der Waals surface area contributed by atoms with Crippen LogP contribution in [0.5, 0.6) is 0 Å². The van der Waals surface area contributed by atoms with Crippen LogP contribution >= 0.6 is 0 Å². The third kappa shape index (κ3) is 2.42. The van der Waals surface area contributed by atoms with Crippen LogP contribution in [0, 0.1) is 6.92 Å². The van der Waals surface area contributed by atoms with E-state index in [1.54, 1.807) is 0 Å². The molecule has 2 aromatic carbocycles. The van der Waals surface area contributed by atoms with Crippen LogP contribution in [-0.2, 0) is 6.42 Å². The van der Waals surface area contributed by atoms with Crippen molar-refractivity contribution in [3.05, 3.63) is 71.0 Å². The first-order valence-electron chi connectivity index (χ1n) is 8.11. The fourth-order valence-electron chi connectivity index (χ4n) is 3.52. The Labute approximate surface area is 135 Å². The van der Waals surface area contributed by atoms with Crippen LogP contribution < -0.4 is 5.32 Å². The van der Waals surface area contributed by atoms with Gasteiger partial charge in [0.1, 0.15) is 5.58 Å². The Morgan fingerprint density at radius 2 is 1.91 bits per heavy atom. The Morgan fingerprint density at radius 1 is 1.13 bits per heavy atom. The molecule has 0 saturated carbocycles. The molecule has 23 heavy (non-hydrogen) atoms. The molecule has 1 amide bonds. The van der Waals surface area contributed by atoms with E-state index in [4.69, 9.17) is 4.42 Å². The number of carbonyl (C=O) groups excluding carboxylic acids is 1. The zero-order valence-electron chi connectivity index (χ0n) is 13.1. The molecular formula is C20H19NO2. The van der Waals surface area contributed by atoms with Gasteiger partial charge in [-0.3, -0.25) is 4.79 Å². The summed E-state index contributed by atoms with van der Waals surface area (Å²) in [6.07, 6.45) is 3.16. The summed E-state index contributed by atoms with van der Waals surface area (Å²) >= 11 is 0. The van der Waals surface area contributed by atoms with Gasteiger partial charge in [-0.1, -0.05) is 42.5 Å². The largest absolute Gasteiger partial charge is 0.451 e. The van der Waals surface area contributed by atoms with Crippen molar-refractivity contribution in [2.75, 3.05) is 0 Å². The summed E-state index contributed by atoms with van der Waals surface area (Å²) in [7, 11) is 0. The number of furan rings is 1. The predicted octanol–water partition coefficient (Wildman–Crippen LogP) is 4.55. The fourth-order valence-corrected chi connectivity index (χ4v) is 3.52. The van der Waals surface area contributed by atoms with Gasteiger partial charge < -0.3 is 9.73 Å². The quantitative estimate of drug-likeness (QED) is 0.754. The molecule has 0 unspecified atom stereocenters. The number of aryl methyl sites for hydroxylation is 2. The number of hydrogen-bond donors (Lipinski definition) is 1. The van der Waals surface area contributed by atoms with Gasteiger partial charge in [-0.2, -0.15) is 0 Å². The van der Waals surface area contributed by atoms with Crippen LogP contribution in [0.25, 0.3) is 11.0 Å². The van der Waals surface area contributed by atoms with Crippen molar-refractivity contribution in [1.82, 2.24) is 5.32 Å². The minimum Gasteiger partial charge on any atom is -0.451 e. The molecule has 3 heteroatoms. The van der Waals surface area contributed by atoms with E-state index in [9.17, 15) is 4.79 Å². The maximum atomic E-state index is 12.7. The first kappa shape index (κ1) is 14.1. The Bertz CT molecular complexity index is 878. The van der Waals surface area contributed by atoms with Gasteiger partial charge in [0, 0.05) is 10.9 Å². The number of fused-ring (bicyclic) bond motifs is 2. The highest BCUT2D eigenvalue weighted by atomic mass is 16.3. The average molecular weight is 305 g/mol. The van der Waals surface area contributed by atoms with Crippen LogP contribution in [0.15, 0.2) is 52.9 Å². The lowest BCUT2D eigenvalue weighted by Crippen LogP contribution is -2.31. The molecule has 1 N–H and O–H groups in total. The highest BCUT2D eigenvalue weighted by Gasteiger charge is 2.24. The van der Waals surface area contributed by atoms with Crippen LogP contribution in [-0.4, -0.2) is 5.91 Å².